The molecule has 0 saturated carbocycles. The van der Waals surface area contributed by atoms with Gasteiger partial charge < -0.3 is 9.42 Å². The molecule has 0 heterocycles. The molecule has 0 aliphatic rings. The zero-order valence-electron chi connectivity index (χ0n) is 7.33. The minimum Gasteiger partial charge on any atom is -0.334 e. The van der Waals surface area contributed by atoms with E-state index in [2.05, 4.69) is 16.5 Å². The van der Waals surface area contributed by atoms with Gasteiger partial charge in [-0.05, 0) is 18.2 Å². The molecule has 0 spiro atoms. The van der Waals surface area contributed by atoms with Crippen LogP contribution < -0.4 is 5.09 Å². The average molecular weight is 206 g/mol. The SMILES string of the molecule is CCCCNP(O)(=S)OC.[Na]. The summed E-state index contributed by atoms with van der Waals surface area (Å²) in [5.41, 5.74) is 0. The zero-order valence-corrected chi connectivity index (χ0v) is 11.0. The molecule has 0 amide bonds. The van der Waals surface area contributed by atoms with Gasteiger partial charge in [0.25, 0.3) is 6.64 Å². The van der Waals surface area contributed by atoms with Crippen LogP contribution in [0.25, 0.3) is 0 Å². The molecule has 0 saturated heterocycles. The molecule has 0 aromatic carbocycles. The molecule has 0 aliphatic carbocycles. The van der Waals surface area contributed by atoms with E-state index < -0.39 is 6.64 Å². The molecule has 3 nitrogen and oxygen atoms in total. The van der Waals surface area contributed by atoms with Gasteiger partial charge in [0.2, 0.25) is 0 Å². The van der Waals surface area contributed by atoms with Crippen LogP contribution in [0.15, 0.2) is 0 Å². The number of nitrogens with one attached hydrogen (secondary N) is 1. The fraction of sp³-hybridized carbons (Fsp3) is 1.00. The molecular weight excluding hydrogens is 192 g/mol. The second-order valence-corrected chi connectivity index (χ2v) is 5.17. The van der Waals surface area contributed by atoms with Crippen molar-refractivity contribution in [2.75, 3.05) is 13.7 Å². The third-order valence-electron chi connectivity index (χ3n) is 1.09. The zero-order chi connectivity index (χ0) is 8.04. The molecule has 6 heteroatoms. The summed E-state index contributed by atoms with van der Waals surface area (Å²) in [6.07, 6.45) is 2.11. The summed E-state index contributed by atoms with van der Waals surface area (Å²) < 4.78 is 4.65. The molecule has 0 aromatic rings. The Kier molecular flexibility index (Phi) is 11.1. The van der Waals surface area contributed by atoms with Gasteiger partial charge in [0.1, 0.15) is 0 Å². The molecule has 0 aliphatic heterocycles. The predicted molar refractivity (Wildman–Crippen MR) is 52.2 cm³/mol. The Hall–Kier alpha value is 1.53. The van der Waals surface area contributed by atoms with Crippen LogP contribution in [0.1, 0.15) is 19.8 Å². The van der Waals surface area contributed by atoms with Crippen molar-refractivity contribution in [1.29, 1.82) is 0 Å². The maximum absolute atomic E-state index is 9.14. The van der Waals surface area contributed by atoms with Crippen molar-refractivity contribution < 1.29 is 9.42 Å². The summed E-state index contributed by atoms with van der Waals surface area (Å²) in [6, 6.07) is 0. The van der Waals surface area contributed by atoms with Crippen LogP contribution in [0.3, 0.4) is 0 Å². The van der Waals surface area contributed by atoms with Crippen LogP contribution in [0.2, 0.25) is 0 Å². The number of hydrogen-bond donors (Lipinski definition) is 2. The van der Waals surface area contributed by atoms with Gasteiger partial charge in [0.15, 0.2) is 0 Å². The Labute approximate surface area is 95.4 Å². The molecule has 1 radical (unpaired) electrons. The van der Waals surface area contributed by atoms with Gasteiger partial charge in [-0.15, -0.1) is 0 Å². The van der Waals surface area contributed by atoms with Crippen LogP contribution >= 0.6 is 6.64 Å². The van der Waals surface area contributed by atoms with Gasteiger partial charge >= 0.3 is 0 Å². The van der Waals surface area contributed by atoms with Gasteiger partial charge in [-0.3, -0.25) is 0 Å². The first-order chi connectivity index (χ1) is 4.62. The summed E-state index contributed by atoms with van der Waals surface area (Å²) in [6.45, 7) is 0.193. The Morgan fingerprint density at radius 2 is 2.18 bits per heavy atom. The smallest absolute Gasteiger partial charge is 0.258 e. The van der Waals surface area contributed by atoms with Crippen LogP contribution in [-0.4, -0.2) is 48.1 Å². The van der Waals surface area contributed by atoms with E-state index in [1.807, 2.05) is 0 Å². The molecule has 63 valence electrons. The van der Waals surface area contributed by atoms with Crippen molar-refractivity contribution in [3.8, 4) is 0 Å². The molecule has 0 rings (SSSR count). The van der Waals surface area contributed by atoms with Crippen LogP contribution in [-0.2, 0) is 16.3 Å². The van der Waals surface area contributed by atoms with Crippen LogP contribution in [0.4, 0.5) is 0 Å². The van der Waals surface area contributed by atoms with E-state index in [1.165, 1.54) is 7.11 Å². The van der Waals surface area contributed by atoms with Crippen molar-refractivity contribution in [2.45, 2.75) is 19.8 Å². The van der Waals surface area contributed by atoms with Gasteiger partial charge in [-0.25, -0.2) is 5.09 Å². The van der Waals surface area contributed by atoms with Crippen molar-refractivity contribution >= 4 is 48.0 Å². The second-order valence-electron chi connectivity index (χ2n) is 1.96. The Morgan fingerprint density at radius 1 is 1.64 bits per heavy atom. The fourth-order valence-corrected chi connectivity index (χ4v) is 1.31. The van der Waals surface area contributed by atoms with Crippen molar-refractivity contribution in [1.82, 2.24) is 5.09 Å². The minimum absolute atomic E-state index is 0. The average Bonchev–Trinajstić information content (AvgIpc) is 1.89. The third kappa shape index (κ3) is 9.44. The van der Waals surface area contributed by atoms with Gasteiger partial charge in [0.05, 0.1) is 0 Å². The molecule has 1 atom stereocenters. The van der Waals surface area contributed by atoms with E-state index in [4.69, 9.17) is 16.7 Å². The molecule has 0 fully saturated rings. The molecule has 1 unspecified atom stereocenters. The van der Waals surface area contributed by atoms with Crippen molar-refractivity contribution in [3.05, 3.63) is 0 Å². The van der Waals surface area contributed by atoms with Gasteiger partial charge in [0, 0.05) is 43.2 Å². The topological polar surface area (TPSA) is 41.5 Å². The Morgan fingerprint density at radius 3 is 2.55 bits per heavy atom. The third-order valence-corrected chi connectivity index (χ3v) is 3.04. The first kappa shape index (κ1) is 15.0. The summed E-state index contributed by atoms with van der Waals surface area (Å²) in [7, 11) is 1.42. The first-order valence-electron chi connectivity index (χ1n) is 3.26. The number of unbranched alkanes of at least 4 members (excludes halogenated alkanes) is 1. The van der Waals surface area contributed by atoms with E-state index in [1.54, 1.807) is 0 Å². The van der Waals surface area contributed by atoms with E-state index in [0.29, 0.717) is 0 Å². The van der Waals surface area contributed by atoms with Crippen LogP contribution in [0, 0.1) is 0 Å². The standard InChI is InChI=1S/C5H14NO2PS.Na/c1-3-4-5-6-9(7,10)8-2;/h3-5H2,1-2H3,(H2,6,7,10);. The van der Waals surface area contributed by atoms with E-state index in [-0.39, 0.29) is 29.6 Å². The monoisotopic (exact) mass is 206 g/mol. The molecule has 0 aromatic heterocycles. The molecule has 2 N–H and O–H groups in total. The van der Waals surface area contributed by atoms with Gasteiger partial charge in [-0.1, -0.05) is 13.3 Å². The fourth-order valence-electron chi connectivity index (χ4n) is 0.462. The van der Waals surface area contributed by atoms with Crippen molar-refractivity contribution in [2.24, 2.45) is 0 Å². The van der Waals surface area contributed by atoms with E-state index in [0.717, 1.165) is 19.4 Å². The number of hydrogen-bond acceptors (Lipinski definition) is 2. The maximum Gasteiger partial charge on any atom is 0.258 e. The van der Waals surface area contributed by atoms with Crippen molar-refractivity contribution in [3.63, 3.8) is 0 Å². The van der Waals surface area contributed by atoms with Gasteiger partial charge in [-0.2, -0.15) is 0 Å². The number of rotatable bonds is 5. The first-order valence-corrected chi connectivity index (χ1v) is 5.93. The largest absolute Gasteiger partial charge is 0.334 e. The summed E-state index contributed by atoms with van der Waals surface area (Å²) in [5.74, 6) is 0. The summed E-state index contributed by atoms with van der Waals surface area (Å²) in [4.78, 5) is 9.14. The molecular formula is C5H14NNaO2PS. The summed E-state index contributed by atoms with van der Waals surface area (Å²) >= 11 is 4.69. The Balaban J connectivity index is 0. The second kappa shape index (κ2) is 8.14. The minimum atomic E-state index is -2.62. The maximum atomic E-state index is 9.14. The molecule has 11 heavy (non-hydrogen) atoms. The Bertz CT molecular complexity index is 136. The van der Waals surface area contributed by atoms with E-state index in [9.17, 15) is 0 Å². The summed E-state index contributed by atoms with van der Waals surface area (Å²) in [5, 5.41) is 2.77. The van der Waals surface area contributed by atoms with Crippen LogP contribution in [0.5, 0.6) is 0 Å². The van der Waals surface area contributed by atoms with E-state index >= 15 is 0 Å². The quantitative estimate of drug-likeness (QED) is 0.397. The predicted octanol–water partition coefficient (Wildman–Crippen LogP) is 0.858. The normalized spacial score (nSPS) is 15.2. The molecule has 0 bridgehead atoms.